The molecule has 0 atom stereocenters. The minimum Gasteiger partial charge on any atom is -0.487 e. The molecule has 0 spiro atoms. The number of primary amides is 1. The lowest BCUT2D eigenvalue weighted by molar-refractivity contribution is 0.259. The van der Waals surface area contributed by atoms with Gasteiger partial charge in [-0.3, -0.25) is 0 Å². The summed E-state index contributed by atoms with van der Waals surface area (Å²) in [7, 11) is 0. The van der Waals surface area contributed by atoms with E-state index in [1.807, 2.05) is 55.5 Å². The van der Waals surface area contributed by atoms with Gasteiger partial charge in [-0.1, -0.05) is 50.2 Å². The number of carbonyl (C=O) groups is 1. The van der Waals surface area contributed by atoms with Gasteiger partial charge < -0.3 is 21.1 Å². The number of nitrogens with two attached hydrogens (primary N) is 1. The van der Waals surface area contributed by atoms with Crippen molar-refractivity contribution in [2.75, 3.05) is 11.9 Å². The Bertz CT molecular complexity index is 710. The molecule has 154 valence electrons. The largest absolute Gasteiger partial charge is 0.487 e. The molecule has 0 saturated heterocycles. The van der Waals surface area contributed by atoms with Crippen LogP contribution in [0.5, 0.6) is 5.75 Å². The zero-order chi connectivity index (χ0) is 21.0. The van der Waals surface area contributed by atoms with Crippen LogP contribution in [0.3, 0.4) is 0 Å². The molecule has 4 N–H and O–H groups in total. The van der Waals surface area contributed by atoms with Crippen LogP contribution in [0.15, 0.2) is 48.5 Å². The van der Waals surface area contributed by atoms with E-state index in [1.165, 1.54) is 6.42 Å². The zero-order valence-electron chi connectivity index (χ0n) is 17.8. The maximum absolute atomic E-state index is 11.1. The molecule has 0 aromatic heterocycles. The summed E-state index contributed by atoms with van der Waals surface area (Å²) < 4.78 is 5.75. The summed E-state index contributed by atoms with van der Waals surface area (Å²) in [4.78, 5) is 11.1. The second-order valence-electron chi connectivity index (χ2n) is 7.62. The third-order valence-electron chi connectivity index (χ3n) is 3.85. The van der Waals surface area contributed by atoms with Crippen molar-refractivity contribution in [2.24, 2.45) is 5.73 Å². The lowest BCUT2D eigenvalue weighted by Gasteiger charge is -2.19. The number of benzene rings is 2. The molecule has 2 rings (SSSR count). The average molecular weight is 386 g/mol. The summed E-state index contributed by atoms with van der Waals surface area (Å²) in [5, 5.41) is 5.97. The predicted octanol–water partition coefficient (Wildman–Crippen LogP) is 5.10. The SMILES string of the molecule is CCCNC(C)(C)C.CCc1ccc(OCc2ccccc2)c(NC(N)=O)c1. The molecule has 28 heavy (non-hydrogen) atoms. The fraction of sp³-hybridized carbons (Fsp3) is 0.435. The quantitative estimate of drug-likeness (QED) is 0.620. The average Bonchev–Trinajstić information content (AvgIpc) is 2.65. The molecule has 0 aliphatic heterocycles. The van der Waals surface area contributed by atoms with E-state index >= 15 is 0 Å². The Kier molecular flexibility index (Phi) is 10.1. The van der Waals surface area contributed by atoms with Crippen molar-refractivity contribution in [2.45, 2.75) is 59.6 Å². The van der Waals surface area contributed by atoms with Gasteiger partial charge in [-0.2, -0.15) is 0 Å². The fourth-order valence-electron chi connectivity index (χ4n) is 2.39. The van der Waals surface area contributed by atoms with E-state index in [0.717, 1.165) is 24.1 Å². The molecule has 0 fully saturated rings. The molecule has 0 aliphatic carbocycles. The number of hydrogen-bond donors (Lipinski definition) is 3. The van der Waals surface area contributed by atoms with Gasteiger partial charge >= 0.3 is 6.03 Å². The number of rotatable bonds is 7. The predicted molar refractivity (Wildman–Crippen MR) is 118 cm³/mol. The molecule has 2 aromatic carbocycles. The van der Waals surface area contributed by atoms with Gasteiger partial charge in [-0.15, -0.1) is 0 Å². The lowest BCUT2D eigenvalue weighted by Crippen LogP contribution is -2.36. The maximum Gasteiger partial charge on any atom is 0.316 e. The summed E-state index contributed by atoms with van der Waals surface area (Å²) in [6.45, 7) is 12.4. The van der Waals surface area contributed by atoms with Crippen LogP contribution in [-0.2, 0) is 13.0 Å². The normalized spacial score (nSPS) is 10.6. The monoisotopic (exact) mass is 385 g/mol. The first-order valence-corrected chi connectivity index (χ1v) is 9.86. The Hall–Kier alpha value is -2.53. The molecule has 0 saturated carbocycles. The molecular formula is C23H35N3O2. The number of aryl methyl sites for hydroxylation is 1. The van der Waals surface area contributed by atoms with Gasteiger partial charge in [0.2, 0.25) is 0 Å². The Balaban J connectivity index is 0.000000416. The smallest absolute Gasteiger partial charge is 0.316 e. The molecule has 2 amide bonds. The number of nitrogens with one attached hydrogen (secondary N) is 2. The zero-order valence-corrected chi connectivity index (χ0v) is 17.8. The lowest BCUT2D eigenvalue weighted by atomic mass is 10.1. The molecule has 0 bridgehead atoms. The van der Waals surface area contributed by atoms with E-state index in [1.54, 1.807) is 0 Å². The third-order valence-corrected chi connectivity index (χ3v) is 3.85. The van der Waals surface area contributed by atoms with Gasteiger partial charge in [-0.05, 0) is 63.4 Å². The first-order chi connectivity index (χ1) is 13.2. The van der Waals surface area contributed by atoms with Gasteiger partial charge in [0, 0.05) is 5.54 Å². The topological polar surface area (TPSA) is 76.4 Å². The summed E-state index contributed by atoms with van der Waals surface area (Å²) in [5.41, 5.74) is 8.27. The number of hydrogen-bond acceptors (Lipinski definition) is 3. The highest BCUT2D eigenvalue weighted by Gasteiger charge is 2.07. The molecular weight excluding hydrogens is 350 g/mol. The summed E-state index contributed by atoms with van der Waals surface area (Å²) >= 11 is 0. The van der Waals surface area contributed by atoms with E-state index in [-0.39, 0.29) is 0 Å². The van der Waals surface area contributed by atoms with Crippen molar-refractivity contribution in [3.05, 3.63) is 59.7 Å². The Morgan fingerprint density at radius 3 is 2.21 bits per heavy atom. The number of carbonyl (C=O) groups excluding carboxylic acids is 1. The highest BCUT2D eigenvalue weighted by molar-refractivity contribution is 5.89. The van der Waals surface area contributed by atoms with Crippen molar-refractivity contribution >= 4 is 11.7 Å². The van der Waals surface area contributed by atoms with E-state index in [4.69, 9.17) is 10.5 Å². The van der Waals surface area contributed by atoms with Crippen molar-refractivity contribution < 1.29 is 9.53 Å². The molecule has 0 heterocycles. The highest BCUT2D eigenvalue weighted by atomic mass is 16.5. The fourth-order valence-corrected chi connectivity index (χ4v) is 2.39. The summed E-state index contributed by atoms with van der Waals surface area (Å²) in [5.74, 6) is 0.616. The third kappa shape index (κ3) is 9.97. The van der Waals surface area contributed by atoms with Crippen LogP contribution in [0.25, 0.3) is 0 Å². The van der Waals surface area contributed by atoms with Gasteiger partial charge in [0.15, 0.2) is 0 Å². The highest BCUT2D eigenvalue weighted by Crippen LogP contribution is 2.27. The second kappa shape index (κ2) is 12.0. The van der Waals surface area contributed by atoms with Crippen molar-refractivity contribution in [3.63, 3.8) is 0 Å². The standard InChI is InChI=1S/C16H18N2O2.C7H17N/c1-2-12-8-9-15(14(10-12)18-16(17)19)20-11-13-6-4-3-5-7-13;1-5-6-8-7(2,3)4/h3-10H,2,11H2,1H3,(H3,17,18,19);8H,5-6H2,1-4H3. The minimum absolute atomic E-state index is 0.302. The first-order valence-electron chi connectivity index (χ1n) is 9.86. The van der Waals surface area contributed by atoms with Crippen LogP contribution in [0, 0.1) is 0 Å². The number of amides is 2. The van der Waals surface area contributed by atoms with Crippen LogP contribution in [0.2, 0.25) is 0 Å². The van der Waals surface area contributed by atoms with Crippen LogP contribution in [0.4, 0.5) is 10.5 Å². The summed E-state index contributed by atoms with van der Waals surface area (Å²) in [6, 6.07) is 15.0. The van der Waals surface area contributed by atoms with E-state index < -0.39 is 6.03 Å². The van der Waals surface area contributed by atoms with Crippen LogP contribution >= 0.6 is 0 Å². The Morgan fingerprint density at radius 1 is 1.04 bits per heavy atom. The number of ether oxygens (including phenoxy) is 1. The second-order valence-corrected chi connectivity index (χ2v) is 7.62. The number of anilines is 1. The maximum atomic E-state index is 11.1. The molecule has 0 unspecified atom stereocenters. The molecule has 0 radical (unpaired) electrons. The Labute approximate surface area is 169 Å². The Morgan fingerprint density at radius 2 is 1.71 bits per heavy atom. The number of urea groups is 1. The minimum atomic E-state index is -0.595. The van der Waals surface area contributed by atoms with E-state index in [9.17, 15) is 4.79 Å². The molecule has 5 heteroatoms. The van der Waals surface area contributed by atoms with Gasteiger partial charge in [0.05, 0.1) is 5.69 Å². The van der Waals surface area contributed by atoms with Gasteiger partial charge in [0.1, 0.15) is 12.4 Å². The van der Waals surface area contributed by atoms with E-state index in [0.29, 0.717) is 23.6 Å². The van der Waals surface area contributed by atoms with Gasteiger partial charge in [0.25, 0.3) is 0 Å². The van der Waals surface area contributed by atoms with Gasteiger partial charge in [-0.25, -0.2) is 4.79 Å². The van der Waals surface area contributed by atoms with Crippen molar-refractivity contribution in [1.82, 2.24) is 5.32 Å². The van der Waals surface area contributed by atoms with E-state index in [2.05, 4.69) is 38.3 Å². The molecule has 0 aliphatic rings. The van der Waals surface area contributed by atoms with Crippen LogP contribution < -0.4 is 21.1 Å². The van der Waals surface area contributed by atoms with Crippen LogP contribution in [0.1, 0.15) is 52.2 Å². The van der Waals surface area contributed by atoms with Crippen molar-refractivity contribution in [1.29, 1.82) is 0 Å². The first kappa shape index (κ1) is 23.5. The molecule has 5 nitrogen and oxygen atoms in total. The summed E-state index contributed by atoms with van der Waals surface area (Å²) in [6.07, 6.45) is 2.10. The van der Waals surface area contributed by atoms with Crippen molar-refractivity contribution in [3.8, 4) is 5.75 Å². The molecule has 2 aromatic rings. The van der Waals surface area contributed by atoms with Crippen LogP contribution in [-0.4, -0.2) is 18.1 Å².